The zero-order valence-corrected chi connectivity index (χ0v) is 21.0. The maximum Gasteiger partial charge on any atom is 0.411 e. The van der Waals surface area contributed by atoms with Crippen LogP contribution in [0, 0.1) is 5.92 Å². The molecule has 5 nitrogen and oxygen atoms in total. The highest BCUT2D eigenvalue weighted by Gasteiger charge is 2.27. The first-order chi connectivity index (χ1) is 15.4. The minimum atomic E-state index is -4.30. The lowest BCUT2D eigenvalue weighted by Gasteiger charge is -2.22. The minimum absolute atomic E-state index is 0. The van der Waals surface area contributed by atoms with Gasteiger partial charge < -0.3 is 19.7 Å². The van der Waals surface area contributed by atoms with Crippen molar-refractivity contribution in [2.75, 3.05) is 33.4 Å². The second kappa shape index (κ2) is 13.8. The third kappa shape index (κ3) is 9.89. The molecule has 2 aromatic rings. The lowest BCUT2D eigenvalue weighted by molar-refractivity contribution is -0.176. The van der Waals surface area contributed by atoms with Gasteiger partial charge in [0, 0.05) is 32.6 Å². The van der Waals surface area contributed by atoms with Crippen LogP contribution in [0.1, 0.15) is 23.1 Å². The lowest BCUT2D eigenvalue weighted by Crippen LogP contribution is -2.39. The van der Waals surface area contributed by atoms with Gasteiger partial charge in [-0.25, -0.2) is 0 Å². The molecule has 1 aliphatic rings. The van der Waals surface area contributed by atoms with Crippen molar-refractivity contribution in [3.05, 3.63) is 71.3 Å². The molecule has 0 bridgehead atoms. The molecule has 0 saturated carbocycles. The number of likely N-dealkylation sites (tertiary alicyclic amines) is 1. The topological polar surface area (TPSA) is 46.1 Å². The van der Waals surface area contributed by atoms with E-state index in [2.05, 4.69) is 27.3 Å². The van der Waals surface area contributed by atoms with Crippen LogP contribution < -0.4 is 5.32 Å². The van der Waals surface area contributed by atoms with Crippen LogP contribution >= 0.6 is 24.0 Å². The average Bonchev–Trinajstić information content (AvgIpc) is 3.24. The van der Waals surface area contributed by atoms with Gasteiger partial charge in [-0.1, -0.05) is 54.6 Å². The molecule has 1 saturated heterocycles. The number of halogens is 4. The minimum Gasteiger partial charge on any atom is -0.376 e. The van der Waals surface area contributed by atoms with Crippen LogP contribution in [0.5, 0.6) is 0 Å². The van der Waals surface area contributed by atoms with Gasteiger partial charge in [0.25, 0.3) is 0 Å². The molecule has 9 heteroatoms. The third-order valence-corrected chi connectivity index (χ3v) is 5.27. The molecule has 1 atom stereocenters. The van der Waals surface area contributed by atoms with E-state index in [1.807, 2.05) is 30.3 Å². The van der Waals surface area contributed by atoms with Crippen LogP contribution in [0.4, 0.5) is 13.2 Å². The Labute approximate surface area is 210 Å². The summed E-state index contributed by atoms with van der Waals surface area (Å²) in [5.74, 6) is 1.31. The van der Waals surface area contributed by atoms with Crippen LogP contribution in [0.2, 0.25) is 0 Å². The number of alkyl halides is 3. The number of benzene rings is 2. The van der Waals surface area contributed by atoms with Crippen molar-refractivity contribution in [3.63, 3.8) is 0 Å². The van der Waals surface area contributed by atoms with Crippen molar-refractivity contribution in [2.24, 2.45) is 10.9 Å². The molecule has 0 amide bonds. The Bertz CT molecular complexity index is 848. The number of aliphatic imine (C=N–C) groups is 1. The molecule has 0 spiro atoms. The van der Waals surface area contributed by atoms with Crippen LogP contribution in [0.3, 0.4) is 0 Å². The molecular weight excluding hydrogens is 546 g/mol. The van der Waals surface area contributed by atoms with E-state index in [0.29, 0.717) is 24.6 Å². The smallest absolute Gasteiger partial charge is 0.376 e. The highest BCUT2D eigenvalue weighted by molar-refractivity contribution is 14.0. The number of ether oxygens (including phenoxy) is 2. The quantitative estimate of drug-likeness (QED) is 0.259. The largest absolute Gasteiger partial charge is 0.411 e. The fourth-order valence-electron chi connectivity index (χ4n) is 3.63. The zero-order valence-electron chi connectivity index (χ0n) is 18.7. The van der Waals surface area contributed by atoms with E-state index in [1.54, 1.807) is 19.2 Å². The molecule has 1 aliphatic heterocycles. The fourth-order valence-corrected chi connectivity index (χ4v) is 3.63. The van der Waals surface area contributed by atoms with Gasteiger partial charge >= 0.3 is 6.18 Å². The molecule has 1 unspecified atom stereocenters. The second-order valence-corrected chi connectivity index (χ2v) is 7.93. The van der Waals surface area contributed by atoms with Crippen molar-refractivity contribution in [3.8, 4) is 0 Å². The number of hydrogen-bond acceptors (Lipinski definition) is 3. The molecule has 1 heterocycles. The van der Waals surface area contributed by atoms with Crippen LogP contribution in [0.15, 0.2) is 59.6 Å². The maximum absolute atomic E-state index is 12.2. The summed E-state index contributed by atoms with van der Waals surface area (Å²) >= 11 is 0. The van der Waals surface area contributed by atoms with Crippen LogP contribution in [-0.4, -0.2) is 50.4 Å². The summed E-state index contributed by atoms with van der Waals surface area (Å²) in [6.45, 7) is 2.46. The van der Waals surface area contributed by atoms with Crippen molar-refractivity contribution in [1.29, 1.82) is 0 Å². The van der Waals surface area contributed by atoms with Crippen LogP contribution in [-0.2, 0) is 29.2 Å². The first-order valence-electron chi connectivity index (χ1n) is 10.7. The van der Waals surface area contributed by atoms with Gasteiger partial charge in [-0.2, -0.15) is 13.2 Å². The second-order valence-electron chi connectivity index (χ2n) is 7.93. The van der Waals surface area contributed by atoms with E-state index in [-0.39, 0.29) is 30.6 Å². The fraction of sp³-hybridized carbons (Fsp3) is 0.458. The molecule has 1 N–H and O–H groups in total. The van der Waals surface area contributed by atoms with Crippen molar-refractivity contribution >= 4 is 29.9 Å². The Morgan fingerprint density at radius 3 is 2.30 bits per heavy atom. The van der Waals surface area contributed by atoms with Gasteiger partial charge in [0.1, 0.15) is 6.61 Å². The van der Waals surface area contributed by atoms with Gasteiger partial charge in [-0.3, -0.25) is 4.99 Å². The number of rotatable bonds is 9. The number of hydrogen-bond donors (Lipinski definition) is 1. The highest BCUT2D eigenvalue weighted by atomic mass is 127. The first kappa shape index (κ1) is 27.4. The number of guanidine groups is 1. The molecule has 2 aromatic carbocycles. The van der Waals surface area contributed by atoms with Crippen molar-refractivity contribution in [2.45, 2.75) is 32.4 Å². The van der Waals surface area contributed by atoms with E-state index in [0.717, 1.165) is 37.6 Å². The molecule has 182 valence electrons. The van der Waals surface area contributed by atoms with Crippen molar-refractivity contribution < 1.29 is 22.6 Å². The summed E-state index contributed by atoms with van der Waals surface area (Å²) in [6.07, 6.45) is -3.25. The Morgan fingerprint density at radius 2 is 1.64 bits per heavy atom. The standard InChI is InChI=1S/C24H30F3N3O2.HI/c1-28-23(29-13-19-7-9-21(10-8-19)16-32-18-24(25,26)27)30-12-11-22(14-30)17-31-15-20-5-3-2-4-6-20;/h2-10,22H,11-18H2,1H3,(H,28,29);1H. The first-order valence-corrected chi connectivity index (χ1v) is 10.7. The summed E-state index contributed by atoms with van der Waals surface area (Å²) in [6, 6.07) is 17.5. The molecule has 0 aliphatic carbocycles. The van der Waals surface area contributed by atoms with Gasteiger partial charge in [0.2, 0.25) is 0 Å². The highest BCUT2D eigenvalue weighted by Crippen LogP contribution is 2.18. The Morgan fingerprint density at radius 1 is 1.00 bits per heavy atom. The summed E-state index contributed by atoms with van der Waals surface area (Å²) in [5, 5.41) is 3.37. The normalized spacial score (nSPS) is 16.5. The zero-order chi connectivity index (χ0) is 22.8. The van der Waals surface area contributed by atoms with Crippen molar-refractivity contribution in [1.82, 2.24) is 10.2 Å². The van der Waals surface area contributed by atoms with E-state index in [1.165, 1.54) is 5.56 Å². The lowest BCUT2D eigenvalue weighted by atomic mass is 10.1. The molecule has 0 aromatic heterocycles. The Hall–Kier alpha value is -1.85. The average molecular weight is 577 g/mol. The third-order valence-electron chi connectivity index (χ3n) is 5.27. The van der Waals surface area contributed by atoms with Gasteiger partial charge in [0.05, 0.1) is 19.8 Å². The monoisotopic (exact) mass is 577 g/mol. The van der Waals surface area contributed by atoms with E-state index < -0.39 is 12.8 Å². The molecule has 0 radical (unpaired) electrons. The van der Waals surface area contributed by atoms with Gasteiger partial charge in [-0.15, -0.1) is 24.0 Å². The van der Waals surface area contributed by atoms with Gasteiger partial charge in [-0.05, 0) is 23.1 Å². The predicted molar refractivity (Wildman–Crippen MR) is 134 cm³/mol. The molecular formula is C24H31F3IN3O2. The summed E-state index contributed by atoms with van der Waals surface area (Å²) in [4.78, 5) is 6.62. The predicted octanol–water partition coefficient (Wildman–Crippen LogP) is 5.00. The summed E-state index contributed by atoms with van der Waals surface area (Å²) in [7, 11) is 1.77. The van der Waals surface area contributed by atoms with E-state index in [4.69, 9.17) is 9.47 Å². The Kier molecular flexibility index (Phi) is 11.4. The van der Waals surface area contributed by atoms with E-state index in [9.17, 15) is 13.2 Å². The Balaban J connectivity index is 0.00000385. The van der Waals surface area contributed by atoms with Gasteiger partial charge in [0.15, 0.2) is 5.96 Å². The maximum atomic E-state index is 12.2. The number of nitrogens with zero attached hydrogens (tertiary/aromatic N) is 2. The summed E-state index contributed by atoms with van der Waals surface area (Å²) in [5.41, 5.74) is 2.91. The summed E-state index contributed by atoms with van der Waals surface area (Å²) < 4.78 is 47.1. The molecule has 3 rings (SSSR count). The van der Waals surface area contributed by atoms with Crippen LogP contribution in [0.25, 0.3) is 0 Å². The SMILES string of the molecule is CN=C(NCc1ccc(COCC(F)(F)F)cc1)N1CCC(COCc2ccccc2)C1.I. The molecule has 1 fully saturated rings. The van der Waals surface area contributed by atoms with E-state index >= 15 is 0 Å². The number of nitrogens with one attached hydrogen (secondary N) is 1. The molecule has 33 heavy (non-hydrogen) atoms.